The number of piperazine rings is 1. The van der Waals surface area contributed by atoms with Gasteiger partial charge in [-0.2, -0.15) is 4.31 Å². The Labute approximate surface area is 146 Å². The summed E-state index contributed by atoms with van der Waals surface area (Å²) in [6.45, 7) is 2.08. The maximum atomic E-state index is 12.8. The summed E-state index contributed by atoms with van der Waals surface area (Å²) >= 11 is 6.17. The van der Waals surface area contributed by atoms with Crippen LogP contribution in [0.15, 0.2) is 59.5 Å². The molecular weight excluding hydrogens is 348 g/mol. The zero-order valence-electron chi connectivity index (χ0n) is 13.1. The van der Waals surface area contributed by atoms with Crippen molar-refractivity contribution in [1.29, 1.82) is 0 Å². The molecule has 24 heavy (non-hydrogen) atoms. The molecule has 1 aliphatic heterocycles. The van der Waals surface area contributed by atoms with Crippen LogP contribution in [0.3, 0.4) is 0 Å². The summed E-state index contributed by atoms with van der Waals surface area (Å²) in [5, 5.41) is 0.470. The average molecular weight is 365 g/mol. The van der Waals surface area contributed by atoms with Gasteiger partial charge in [0.2, 0.25) is 15.9 Å². The van der Waals surface area contributed by atoms with Crippen molar-refractivity contribution in [1.82, 2.24) is 4.31 Å². The van der Waals surface area contributed by atoms with E-state index in [1.54, 1.807) is 54.3 Å². The van der Waals surface area contributed by atoms with Gasteiger partial charge in [-0.1, -0.05) is 41.9 Å². The number of halogens is 1. The Bertz CT molecular complexity index is 855. The van der Waals surface area contributed by atoms with E-state index in [-0.39, 0.29) is 23.9 Å². The molecule has 1 amide bonds. The first kappa shape index (κ1) is 17.0. The number of para-hydroxylation sites is 1. The lowest BCUT2D eigenvalue weighted by molar-refractivity contribution is -0.123. The molecule has 1 fully saturated rings. The second-order valence-electron chi connectivity index (χ2n) is 5.55. The number of sulfonamides is 1. The maximum Gasteiger partial charge on any atom is 0.245 e. The van der Waals surface area contributed by atoms with Gasteiger partial charge in [-0.05, 0) is 31.2 Å². The molecule has 5 nitrogen and oxygen atoms in total. The molecule has 0 aromatic heterocycles. The van der Waals surface area contributed by atoms with E-state index in [0.717, 1.165) is 0 Å². The highest BCUT2D eigenvalue weighted by atomic mass is 35.5. The number of amides is 1. The second-order valence-corrected chi connectivity index (χ2v) is 7.84. The molecule has 0 N–H and O–H groups in total. The van der Waals surface area contributed by atoms with Crippen LogP contribution in [0.1, 0.15) is 6.92 Å². The van der Waals surface area contributed by atoms with Crippen molar-refractivity contribution in [3.63, 3.8) is 0 Å². The van der Waals surface area contributed by atoms with Crippen LogP contribution >= 0.6 is 11.6 Å². The van der Waals surface area contributed by atoms with E-state index in [2.05, 4.69) is 0 Å². The molecule has 3 rings (SSSR count). The van der Waals surface area contributed by atoms with Gasteiger partial charge >= 0.3 is 0 Å². The normalized spacial score (nSPS) is 19.5. The highest BCUT2D eigenvalue weighted by molar-refractivity contribution is 7.89. The van der Waals surface area contributed by atoms with Crippen molar-refractivity contribution in [3.05, 3.63) is 59.6 Å². The summed E-state index contributed by atoms with van der Waals surface area (Å²) in [5.74, 6) is -0.283. The van der Waals surface area contributed by atoms with E-state index >= 15 is 0 Å². The van der Waals surface area contributed by atoms with Crippen molar-refractivity contribution >= 4 is 33.2 Å². The van der Waals surface area contributed by atoms with Gasteiger partial charge in [-0.3, -0.25) is 4.79 Å². The van der Waals surface area contributed by atoms with Crippen LogP contribution in [0.25, 0.3) is 0 Å². The number of rotatable bonds is 3. The fourth-order valence-corrected chi connectivity index (χ4v) is 4.66. The largest absolute Gasteiger partial charge is 0.308 e. The lowest BCUT2D eigenvalue weighted by Crippen LogP contribution is -2.57. The van der Waals surface area contributed by atoms with Crippen LogP contribution in [0.4, 0.5) is 5.69 Å². The third-order valence-corrected chi connectivity index (χ3v) is 6.40. The van der Waals surface area contributed by atoms with Crippen LogP contribution in [-0.2, 0) is 14.8 Å². The number of hydrogen-bond acceptors (Lipinski definition) is 3. The summed E-state index contributed by atoms with van der Waals surface area (Å²) in [6.07, 6.45) is 0. The Morgan fingerprint density at radius 2 is 1.62 bits per heavy atom. The Kier molecular flexibility index (Phi) is 4.62. The minimum Gasteiger partial charge on any atom is -0.308 e. The van der Waals surface area contributed by atoms with E-state index < -0.39 is 16.1 Å². The summed E-state index contributed by atoms with van der Waals surface area (Å²) in [5.41, 5.74) is 0.604. The van der Waals surface area contributed by atoms with E-state index in [0.29, 0.717) is 10.7 Å². The van der Waals surface area contributed by atoms with Crippen LogP contribution in [0.2, 0.25) is 5.02 Å². The fourth-order valence-electron chi connectivity index (χ4n) is 2.82. The Morgan fingerprint density at radius 3 is 2.29 bits per heavy atom. The van der Waals surface area contributed by atoms with Crippen molar-refractivity contribution in [2.45, 2.75) is 17.9 Å². The SMILES string of the molecule is C[C@H]1C(=O)N(c2ccccc2Cl)CCN1S(=O)(=O)c1ccccc1. The van der Waals surface area contributed by atoms with E-state index in [4.69, 9.17) is 11.6 Å². The number of carbonyl (C=O) groups is 1. The second kappa shape index (κ2) is 6.55. The third-order valence-electron chi connectivity index (χ3n) is 4.09. The monoisotopic (exact) mass is 364 g/mol. The quantitative estimate of drug-likeness (QED) is 0.841. The molecule has 0 aliphatic carbocycles. The molecule has 0 radical (unpaired) electrons. The first-order valence-electron chi connectivity index (χ1n) is 7.56. The smallest absolute Gasteiger partial charge is 0.245 e. The third kappa shape index (κ3) is 2.92. The molecule has 0 spiro atoms. The standard InChI is InChI=1S/C17H17ClN2O3S/c1-13-17(21)19(16-10-6-5-9-15(16)18)11-12-20(13)24(22,23)14-7-3-2-4-8-14/h2-10,13H,11-12H2,1H3/t13-/m0/s1. The highest BCUT2D eigenvalue weighted by Gasteiger charge is 2.39. The van der Waals surface area contributed by atoms with E-state index in [1.165, 1.54) is 16.4 Å². The number of nitrogens with zero attached hydrogens (tertiary/aromatic N) is 2. The van der Waals surface area contributed by atoms with Crippen molar-refractivity contribution in [2.75, 3.05) is 18.0 Å². The summed E-state index contributed by atoms with van der Waals surface area (Å²) in [7, 11) is -3.71. The van der Waals surface area contributed by atoms with Crippen molar-refractivity contribution in [3.8, 4) is 0 Å². The molecule has 1 heterocycles. The molecule has 2 aromatic carbocycles. The Morgan fingerprint density at radius 1 is 1.00 bits per heavy atom. The van der Waals surface area contributed by atoms with Gasteiger partial charge in [0.1, 0.15) is 6.04 Å². The van der Waals surface area contributed by atoms with Gasteiger partial charge in [0.05, 0.1) is 15.6 Å². The molecule has 126 valence electrons. The molecule has 7 heteroatoms. The molecule has 0 unspecified atom stereocenters. The number of carbonyl (C=O) groups excluding carboxylic acids is 1. The maximum absolute atomic E-state index is 12.8. The van der Waals surface area contributed by atoms with Gasteiger partial charge in [0, 0.05) is 13.1 Å². The number of benzene rings is 2. The van der Waals surface area contributed by atoms with Gasteiger partial charge in [-0.25, -0.2) is 8.42 Å². The predicted octanol–water partition coefficient (Wildman–Crippen LogP) is 2.77. The highest BCUT2D eigenvalue weighted by Crippen LogP contribution is 2.30. The molecule has 2 aromatic rings. The molecule has 0 bridgehead atoms. The fraction of sp³-hybridized carbons (Fsp3) is 0.235. The van der Waals surface area contributed by atoms with Gasteiger partial charge in [0.15, 0.2) is 0 Å². The topological polar surface area (TPSA) is 57.7 Å². The first-order chi connectivity index (χ1) is 11.4. The Balaban J connectivity index is 1.90. The summed E-state index contributed by atoms with van der Waals surface area (Å²) < 4.78 is 26.8. The average Bonchev–Trinajstić information content (AvgIpc) is 2.59. The minimum atomic E-state index is -3.71. The zero-order chi connectivity index (χ0) is 17.3. The molecular formula is C17H17ClN2O3S. The van der Waals surface area contributed by atoms with Crippen molar-refractivity contribution in [2.24, 2.45) is 0 Å². The molecule has 0 saturated carbocycles. The number of hydrogen-bond donors (Lipinski definition) is 0. The van der Waals surface area contributed by atoms with Gasteiger partial charge < -0.3 is 4.90 Å². The van der Waals surface area contributed by atoms with Crippen LogP contribution in [-0.4, -0.2) is 37.8 Å². The van der Waals surface area contributed by atoms with Crippen molar-refractivity contribution < 1.29 is 13.2 Å². The Hall–Kier alpha value is -1.89. The zero-order valence-corrected chi connectivity index (χ0v) is 14.7. The molecule has 1 atom stereocenters. The van der Waals surface area contributed by atoms with Gasteiger partial charge in [-0.15, -0.1) is 0 Å². The lowest BCUT2D eigenvalue weighted by Gasteiger charge is -2.38. The first-order valence-corrected chi connectivity index (χ1v) is 9.37. The van der Waals surface area contributed by atoms with Crippen LogP contribution < -0.4 is 4.90 Å². The van der Waals surface area contributed by atoms with Crippen LogP contribution in [0.5, 0.6) is 0 Å². The van der Waals surface area contributed by atoms with E-state index in [9.17, 15) is 13.2 Å². The van der Waals surface area contributed by atoms with Gasteiger partial charge in [0.25, 0.3) is 0 Å². The van der Waals surface area contributed by atoms with Crippen LogP contribution in [0, 0.1) is 0 Å². The summed E-state index contributed by atoms with van der Waals surface area (Å²) in [6, 6.07) is 14.4. The summed E-state index contributed by atoms with van der Waals surface area (Å²) in [4.78, 5) is 14.5. The van der Waals surface area contributed by atoms with E-state index in [1.807, 2.05) is 0 Å². The molecule has 1 aliphatic rings. The number of anilines is 1. The lowest BCUT2D eigenvalue weighted by atomic mass is 10.2. The molecule has 1 saturated heterocycles. The predicted molar refractivity (Wildman–Crippen MR) is 93.6 cm³/mol. The minimum absolute atomic E-state index is 0.191.